The first-order valence-corrected chi connectivity index (χ1v) is 11.2. The summed E-state index contributed by atoms with van der Waals surface area (Å²) in [6, 6.07) is 25.1. The Morgan fingerprint density at radius 3 is 2.45 bits per heavy atom. The second-order valence-corrected chi connectivity index (χ2v) is 8.97. The van der Waals surface area contributed by atoms with Gasteiger partial charge in [-0.05, 0) is 40.6 Å². The van der Waals surface area contributed by atoms with E-state index in [0.717, 1.165) is 16.3 Å². The van der Waals surface area contributed by atoms with Crippen molar-refractivity contribution in [1.82, 2.24) is 0 Å². The number of anilines is 1. The highest BCUT2D eigenvalue weighted by Crippen LogP contribution is 2.45. The summed E-state index contributed by atoms with van der Waals surface area (Å²) in [6.07, 6.45) is -0.397. The van der Waals surface area contributed by atoms with E-state index < -0.39 is 17.9 Å². The molecule has 0 bridgehead atoms. The number of hydrogen-bond donors (Lipinski definition) is 1. The number of carbonyl (C=O) groups excluding carboxylic acids is 2. The topological polar surface area (TPSA) is 57.6 Å². The third-order valence-corrected chi connectivity index (χ3v) is 6.69. The van der Waals surface area contributed by atoms with E-state index >= 15 is 0 Å². The Balaban J connectivity index is 1.55. The fraction of sp³-hybridized carbons (Fsp3) is 0.111. The predicted molar refractivity (Wildman–Crippen MR) is 131 cm³/mol. The lowest BCUT2D eigenvalue weighted by Crippen LogP contribution is -2.41. The van der Waals surface area contributed by atoms with Crippen molar-refractivity contribution in [2.24, 2.45) is 0 Å². The van der Waals surface area contributed by atoms with E-state index in [2.05, 4.69) is 0 Å². The largest absolute Gasteiger partial charge is 0.375 e. The molecule has 0 unspecified atom stereocenters. The Bertz CT molecular complexity index is 1410. The molecule has 4 aromatic rings. The summed E-state index contributed by atoms with van der Waals surface area (Å²) in [6.45, 7) is 0.165. The summed E-state index contributed by atoms with van der Waals surface area (Å²) in [5.74, 6) is -0.901. The summed E-state index contributed by atoms with van der Waals surface area (Å²) in [4.78, 5) is 28.4. The molecule has 4 aromatic carbocycles. The van der Waals surface area contributed by atoms with Gasteiger partial charge in [-0.2, -0.15) is 0 Å². The zero-order valence-electron chi connectivity index (χ0n) is 17.5. The van der Waals surface area contributed by atoms with Crippen LogP contribution >= 0.6 is 23.2 Å². The number of amides is 1. The summed E-state index contributed by atoms with van der Waals surface area (Å²) in [5.41, 5.74) is -0.00567. The molecule has 6 heteroatoms. The monoisotopic (exact) mass is 475 g/mol. The van der Waals surface area contributed by atoms with E-state index in [9.17, 15) is 14.7 Å². The van der Waals surface area contributed by atoms with E-state index in [1.54, 1.807) is 36.4 Å². The first kappa shape index (κ1) is 21.7. The van der Waals surface area contributed by atoms with Crippen LogP contribution in [-0.2, 0) is 16.9 Å². The quantitative estimate of drug-likeness (QED) is 0.352. The molecule has 0 saturated heterocycles. The van der Waals surface area contributed by atoms with E-state index in [4.69, 9.17) is 23.2 Å². The van der Waals surface area contributed by atoms with Gasteiger partial charge in [0.1, 0.15) is 0 Å². The van der Waals surface area contributed by atoms with Crippen molar-refractivity contribution in [2.75, 3.05) is 4.90 Å². The molecule has 1 heterocycles. The van der Waals surface area contributed by atoms with Gasteiger partial charge in [0.25, 0.3) is 5.91 Å². The van der Waals surface area contributed by atoms with E-state index in [1.807, 2.05) is 48.5 Å². The molecule has 0 aliphatic carbocycles. The summed E-state index contributed by atoms with van der Waals surface area (Å²) in [5, 5.41) is 14.2. The van der Waals surface area contributed by atoms with Gasteiger partial charge in [-0.15, -0.1) is 0 Å². The third-order valence-electron chi connectivity index (χ3n) is 6.09. The van der Waals surface area contributed by atoms with Gasteiger partial charge in [0, 0.05) is 21.2 Å². The van der Waals surface area contributed by atoms with Crippen LogP contribution < -0.4 is 4.90 Å². The lowest BCUT2D eigenvalue weighted by molar-refractivity contribution is -0.136. The first-order chi connectivity index (χ1) is 15.9. The highest BCUT2D eigenvalue weighted by molar-refractivity contribution is 6.31. The number of nitrogens with zero attached hydrogens (tertiary/aromatic N) is 1. The number of aliphatic hydroxyl groups is 1. The van der Waals surface area contributed by atoms with Gasteiger partial charge >= 0.3 is 0 Å². The fourth-order valence-corrected chi connectivity index (χ4v) is 4.81. The Morgan fingerprint density at radius 2 is 1.64 bits per heavy atom. The number of rotatable bonds is 5. The normalized spacial score (nSPS) is 17.4. The van der Waals surface area contributed by atoms with E-state index in [-0.39, 0.29) is 12.3 Å². The maximum atomic E-state index is 13.6. The van der Waals surface area contributed by atoms with E-state index in [1.165, 1.54) is 4.90 Å². The molecular formula is C27H19Cl2NO3. The summed E-state index contributed by atoms with van der Waals surface area (Å²) in [7, 11) is 0. The van der Waals surface area contributed by atoms with Crippen LogP contribution in [0.3, 0.4) is 0 Å². The average Bonchev–Trinajstić information content (AvgIpc) is 3.01. The van der Waals surface area contributed by atoms with Gasteiger partial charge in [0.05, 0.1) is 18.7 Å². The van der Waals surface area contributed by atoms with Crippen molar-refractivity contribution in [3.05, 3.63) is 112 Å². The zero-order chi connectivity index (χ0) is 23.2. The Hall–Kier alpha value is -3.18. The van der Waals surface area contributed by atoms with Crippen molar-refractivity contribution in [3.8, 4) is 0 Å². The number of hydrogen-bond acceptors (Lipinski definition) is 3. The predicted octanol–water partition coefficient (Wildman–Crippen LogP) is 6.15. The molecule has 1 aliphatic rings. The maximum Gasteiger partial charge on any atom is 0.264 e. The molecule has 164 valence electrons. The van der Waals surface area contributed by atoms with Gasteiger partial charge in [0.2, 0.25) is 0 Å². The Labute approximate surface area is 201 Å². The average molecular weight is 476 g/mol. The van der Waals surface area contributed by atoms with Crippen LogP contribution in [-0.4, -0.2) is 16.8 Å². The SMILES string of the molecule is O=C(C[C@@]1(O)C(=O)N(Cc2ccccc2Cl)c2ccc(Cl)cc21)c1cccc2ccccc12. The van der Waals surface area contributed by atoms with Crippen LogP contribution in [0.15, 0.2) is 84.9 Å². The third kappa shape index (κ3) is 3.70. The minimum atomic E-state index is -2.03. The summed E-state index contributed by atoms with van der Waals surface area (Å²) < 4.78 is 0. The van der Waals surface area contributed by atoms with Gasteiger partial charge in [-0.1, -0.05) is 83.9 Å². The maximum absolute atomic E-state index is 13.6. The van der Waals surface area contributed by atoms with Gasteiger partial charge in [-0.25, -0.2) is 0 Å². The van der Waals surface area contributed by atoms with Crippen molar-refractivity contribution in [2.45, 2.75) is 18.6 Å². The molecule has 0 fully saturated rings. The zero-order valence-corrected chi connectivity index (χ0v) is 19.0. The molecule has 4 nitrogen and oxygen atoms in total. The molecule has 0 aromatic heterocycles. The summed E-state index contributed by atoms with van der Waals surface area (Å²) >= 11 is 12.5. The molecule has 0 radical (unpaired) electrons. The van der Waals surface area contributed by atoms with Crippen molar-refractivity contribution < 1.29 is 14.7 Å². The number of fused-ring (bicyclic) bond motifs is 2. The second-order valence-electron chi connectivity index (χ2n) is 8.13. The van der Waals surface area contributed by atoms with Crippen LogP contribution in [0.2, 0.25) is 10.0 Å². The van der Waals surface area contributed by atoms with E-state index in [0.29, 0.717) is 26.9 Å². The van der Waals surface area contributed by atoms with Crippen molar-refractivity contribution in [1.29, 1.82) is 0 Å². The minimum absolute atomic E-state index is 0.165. The standard InChI is InChI=1S/C27H19Cl2NO3/c28-19-12-13-24-22(14-19)27(33,26(32)30(24)16-18-7-2-4-11-23(18)29)15-25(31)21-10-5-8-17-6-1-3-9-20(17)21/h1-14,33H,15-16H2/t27-/m0/s1. The lowest BCUT2D eigenvalue weighted by atomic mass is 9.87. The number of ketones is 1. The van der Waals surface area contributed by atoms with Gasteiger partial charge in [-0.3, -0.25) is 9.59 Å². The fourth-order valence-electron chi connectivity index (χ4n) is 4.44. The highest BCUT2D eigenvalue weighted by atomic mass is 35.5. The van der Waals surface area contributed by atoms with Crippen LogP contribution in [0.5, 0.6) is 0 Å². The number of benzene rings is 4. The molecule has 33 heavy (non-hydrogen) atoms. The van der Waals surface area contributed by atoms with Crippen molar-refractivity contribution >= 4 is 51.4 Å². The number of Topliss-reactive ketones (excluding diaryl/α,β-unsaturated/α-hetero) is 1. The smallest absolute Gasteiger partial charge is 0.264 e. The lowest BCUT2D eigenvalue weighted by Gasteiger charge is -2.23. The Kier molecular flexibility index (Phi) is 5.45. The molecule has 5 rings (SSSR count). The second kappa shape index (κ2) is 8.31. The first-order valence-electron chi connectivity index (χ1n) is 10.5. The molecule has 1 amide bonds. The number of halogens is 2. The Morgan fingerprint density at radius 1 is 0.909 bits per heavy atom. The molecular weight excluding hydrogens is 457 g/mol. The van der Waals surface area contributed by atoms with Gasteiger partial charge in [0.15, 0.2) is 11.4 Å². The molecule has 1 atom stereocenters. The molecule has 1 N–H and O–H groups in total. The number of carbonyl (C=O) groups is 2. The van der Waals surface area contributed by atoms with Gasteiger partial charge < -0.3 is 10.0 Å². The molecule has 0 saturated carbocycles. The highest BCUT2D eigenvalue weighted by Gasteiger charge is 2.51. The van der Waals surface area contributed by atoms with Crippen molar-refractivity contribution in [3.63, 3.8) is 0 Å². The van der Waals surface area contributed by atoms with Crippen LogP contribution in [0, 0.1) is 0 Å². The molecule has 0 spiro atoms. The van der Waals surface area contributed by atoms with Crippen LogP contribution in [0.4, 0.5) is 5.69 Å². The minimum Gasteiger partial charge on any atom is -0.375 e. The van der Waals surface area contributed by atoms with Crippen LogP contribution in [0.1, 0.15) is 27.9 Å². The molecule has 1 aliphatic heterocycles. The van der Waals surface area contributed by atoms with Crippen LogP contribution in [0.25, 0.3) is 10.8 Å².